The molecule has 0 aliphatic carbocycles. The van der Waals surface area contributed by atoms with Crippen LogP contribution in [0.3, 0.4) is 0 Å². The molecular weight excluding hydrogens is 186 g/mol. The zero-order valence-corrected chi connectivity index (χ0v) is 8.96. The summed E-state index contributed by atoms with van der Waals surface area (Å²) in [5, 5.41) is 8.09. The maximum Gasteiger partial charge on any atom is 0.0827 e. The second kappa shape index (κ2) is 5.22. The Kier molecular flexibility index (Phi) is 4.22. The molecule has 0 bridgehead atoms. The lowest BCUT2D eigenvalue weighted by Crippen LogP contribution is -2.04. The lowest BCUT2D eigenvalue weighted by atomic mass is 10.2. The molecule has 0 unspecified atom stereocenters. The maximum absolute atomic E-state index is 5.59. The number of rotatable bonds is 5. The van der Waals surface area contributed by atoms with Crippen LogP contribution in [-0.4, -0.2) is 20.9 Å². The van der Waals surface area contributed by atoms with E-state index in [1.165, 1.54) is 0 Å². The highest BCUT2D eigenvalue weighted by Crippen LogP contribution is 2.02. The van der Waals surface area contributed by atoms with Gasteiger partial charge in [-0.15, -0.1) is 16.7 Å². The minimum absolute atomic E-state index is 0.613. The van der Waals surface area contributed by atoms with Crippen molar-refractivity contribution in [1.82, 2.24) is 15.0 Å². The van der Waals surface area contributed by atoms with E-state index in [-0.39, 0.29) is 0 Å². The van der Waals surface area contributed by atoms with Gasteiger partial charge in [-0.2, -0.15) is 0 Å². The van der Waals surface area contributed by atoms with Gasteiger partial charge in [-0.3, -0.25) is 4.68 Å². The van der Waals surface area contributed by atoms with E-state index < -0.39 is 0 Å². The molecule has 0 aliphatic rings. The lowest BCUT2D eigenvalue weighted by Gasteiger charge is -2.01. The van der Waals surface area contributed by atoms with Crippen molar-refractivity contribution in [1.29, 1.82) is 0 Å². The fourth-order valence-corrected chi connectivity index (χ4v) is 1.30. The summed E-state index contributed by atoms with van der Waals surface area (Å²) < 4.78 is 1.90. The highest BCUT2D eigenvalue weighted by Gasteiger charge is 2.01. The van der Waals surface area contributed by atoms with E-state index in [0.29, 0.717) is 11.8 Å². The van der Waals surface area contributed by atoms with E-state index in [1.807, 2.05) is 10.9 Å². The van der Waals surface area contributed by atoms with E-state index >= 15 is 0 Å². The van der Waals surface area contributed by atoms with Crippen molar-refractivity contribution in [2.45, 2.75) is 33.2 Å². The van der Waals surface area contributed by atoms with Gasteiger partial charge in [-0.1, -0.05) is 19.1 Å². The lowest BCUT2D eigenvalue weighted by molar-refractivity contribution is 0.472. The van der Waals surface area contributed by atoms with Crippen molar-refractivity contribution in [3.05, 3.63) is 11.9 Å². The Labute approximate surface area is 84.1 Å². The summed E-state index contributed by atoms with van der Waals surface area (Å²) in [5.41, 5.74) is 1.04. The van der Waals surface area contributed by atoms with Crippen molar-refractivity contribution >= 4 is 11.6 Å². The first-order valence-electron chi connectivity index (χ1n) is 4.67. The van der Waals surface area contributed by atoms with E-state index in [4.69, 9.17) is 11.6 Å². The minimum Gasteiger partial charge on any atom is -0.252 e. The molecule has 4 heteroatoms. The van der Waals surface area contributed by atoms with Crippen LogP contribution in [0.5, 0.6) is 0 Å². The van der Waals surface area contributed by atoms with Crippen LogP contribution in [-0.2, 0) is 13.0 Å². The minimum atomic E-state index is 0.613. The highest BCUT2D eigenvalue weighted by molar-refractivity contribution is 6.17. The number of aryl methyl sites for hydroxylation is 1. The third-order valence-corrected chi connectivity index (χ3v) is 1.97. The van der Waals surface area contributed by atoms with Gasteiger partial charge in [0, 0.05) is 18.6 Å². The summed E-state index contributed by atoms with van der Waals surface area (Å²) >= 11 is 5.59. The van der Waals surface area contributed by atoms with Gasteiger partial charge in [0.2, 0.25) is 0 Å². The molecule has 0 aromatic carbocycles. The van der Waals surface area contributed by atoms with Gasteiger partial charge in [0.25, 0.3) is 0 Å². The van der Waals surface area contributed by atoms with E-state index in [1.54, 1.807) is 0 Å². The molecule has 74 valence electrons. The van der Waals surface area contributed by atoms with E-state index in [0.717, 1.165) is 25.1 Å². The van der Waals surface area contributed by atoms with E-state index in [2.05, 4.69) is 24.2 Å². The van der Waals surface area contributed by atoms with Crippen LogP contribution in [0.25, 0.3) is 0 Å². The molecule has 0 amide bonds. The predicted molar refractivity (Wildman–Crippen MR) is 53.9 cm³/mol. The SMILES string of the molecule is CC(C)Cn1cc(CCCCl)nn1. The molecule has 0 spiro atoms. The molecule has 0 N–H and O–H groups in total. The Morgan fingerprint density at radius 1 is 1.54 bits per heavy atom. The van der Waals surface area contributed by atoms with Crippen molar-refractivity contribution in [3.63, 3.8) is 0 Å². The van der Waals surface area contributed by atoms with Gasteiger partial charge < -0.3 is 0 Å². The van der Waals surface area contributed by atoms with Crippen LogP contribution in [0.4, 0.5) is 0 Å². The van der Waals surface area contributed by atoms with Crippen LogP contribution in [0, 0.1) is 5.92 Å². The van der Waals surface area contributed by atoms with Gasteiger partial charge in [0.15, 0.2) is 0 Å². The fraction of sp³-hybridized carbons (Fsp3) is 0.778. The zero-order chi connectivity index (χ0) is 9.68. The first-order valence-corrected chi connectivity index (χ1v) is 5.20. The van der Waals surface area contributed by atoms with Crippen LogP contribution in [0.1, 0.15) is 26.0 Å². The highest BCUT2D eigenvalue weighted by atomic mass is 35.5. The van der Waals surface area contributed by atoms with Gasteiger partial charge in [-0.25, -0.2) is 0 Å². The van der Waals surface area contributed by atoms with Crippen molar-refractivity contribution < 1.29 is 0 Å². The molecule has 1 heterocycles. The Morgan fingerprint density at radius 2 is 2.31 bits per heavy atom. The molecule has 0 atom stereocenters. The molecule has 13 heavy (non-hydrogen) atoms. The average Bonchev–Trinajstić information content (AvgIpc) is 2.48. The molecule has 1 rings (SSSR count). The number of aromatic nitrogens is 3. The summed E-state index contributed by atoms with van der Waals surface area (Å²) in [4.78, 5) is 0. The summed E-state index contributed by atoms with van der Waals surface area (Å²) in [6.45, 7) is 5.27. The summed E-state index contributed by atoms with van der Waals surface area (Å²) in [7, 11) is 0. The molecule has 1 aromatic heterocycles. The van der Waals surface area contributed by atoms with Crippen molar-refractivity contribution in [3.8, 4) is 0 Å². The van der Waals surface area contributed by atoms with Crippen LogP contribution in [0.15, 0.2) is 6.20 Å². The third-order valence-electron chi connectivity index (χ3n) is 1.70. The van der Waals surface area contributed by atoms with Gasteiger partial charge in [0.1, 0.15) is 0 Å². The van der Waals surface area contributed by atoms with E-state index in [9.17, 15) is 0 Å². The molecule has 0 saturated heterocycles. The molecular formula is C9H16ClN3. The molecule has 0 saturated carbocycles. The van der Waals surface area contributed by atoms with Crippen LogP contribution < -0.4 is 0 Å². The van der Waals surface area contributed by atoms with Gasteiger partial charge >= 0.3 is 0 Å². The predicted octanol–water partition coefficient (Wildman–Crippen LogP) is 2.11. The van der Waals surface area contributed by atoms with Gasteiger partial charge in [0.05, 0.1) is 5.69 Å². The second-order valence-electron chi connectivity index (χ2n) is 3.62. The Morgan fingerprint density at radius 3 is 2.92 bits per heavy atom. The summed E-state index contributed by atoms with van der Waals surface area (Å²) in [6.07, 6.45) is 3.91. The number of alkyl halides is 1. The standard InChI is InChI=1S/C9H16ClN3/c1-8(2)6-13-7-9(11-12-13)4-3-5-10/h7-8H,3-6H2,1-2H3. The largest absolute Gasteiger partial charge is 0.252 e. The van der Waals surface area contributed by atoms with Crippen LogP contribution in [0.2, 0.25) is 0 Å². The molecule has 0 fully saturated rings. The zero-order valence-electron chi connectivity index (χ0n) is 8.20. The quantitative estimate of drug-likeness (QED) is 0.684. The first kappa shape index (κ1) is 10.5. The molecule has 0 radical (unpaired) electrons. The fourth-order valence-electron chi connectivity index (χ4n) is 1.16. The molecule has 3 nitrogen and oxygen atoms in total. The monoisotopic (exact) mass is 201 g/mol. The summed E-state index contributed by atoms with van der Waals surface area (Å²) in [5.74, 6) is 1.31. The van der Waals surface area contributed by atoms with Crippen molar-refractivity contribution in [2.75, 3.05) is 5.88 Å². The van der Waals surface area contributed by atoms with Gasteiger partial charge in [-0.05, 0) is 18.8 Å². The Balaban J connectivity index is 2.44. The normalized spacial score (nSPS) is 11.1. The molecule has 0 aliphatic heterocycles. The third kappa shape index (κ3) is 3.77. The maximum atomic E-state index is 5.59. The number of hydrogen-bond donors (Lipinski definition) is 0. The second-order valence-corrected chi connectivity index (χ2v) is 4.00. The Hall–Kier alpha value is -0.570. The topological polar surface area (TPSA) is 30.7 Å². The Bertz CT molecular complexity index is 245. The van der Waals surface area contributed by atoms with Crippen LogP contribution >= 0.6 is 11.6 Å². The number of hydrogen-bond acceptors (Lipinski definition) is 2. The summed E-state index contributed by atoms with van der Waals surface area (Å²) in [6, 6.07) is 0. The average molecular weight is 202 g/mol. The molecule has 1 aromatic rings. The number of halogens is 1. The smallest absolute Gasteiger partial charge is 0.0827 e. The first-order chi connectivity index (χ1) is 6.22. The number of nitrogens with zero attached hydrogens (tertiary/aromatic N) is 3. The van der Waals surface area contributed by atoms with Crippen molar-refractivity contribution in [2.24, 2.45) is 5.92 Å².